The Bertz CT molecular complexity index is 598. The van der Waals surface area contributed by atoms with Gasteiger partial charge in [0.05, 0.1) is 17.6 Å². The number of methoxy groups -OCH3 is 1. The number of carbonyl (C=O) groups is 1. The molecule has 8 nitrogen and oxygen atoms in total. The summed E-state index contributed by atoms with van der Waals surface area (Å²) in [7, 11) is 1.37. The number of carbonyl (C=O) groups excluding carboxylic acids is 1. The summed E-state index contributed by atoms with van der Waals surface area (Å²) in [5.41, 5.74) is 4.46. The molecule has 0 fully saturated rings. The first-order chi connectivity index (χ1) is 10.1. The Kier molecular flexibility index (Phi) is 5.63. The van der Waals surface area contributed by atoms with Crippen LogP contribution < -0.4 is 20.9 Å². The zero-order chi connectivity index (χ0) is 16.9. The zero-order valence-electron chi connectivity index (χ0n) is 12.7. The third-order valence-electron chi connectivity index (χ3n) is 2.42. The summed E-state index contributed by atoms with van der Waals surface area (Å²) in [6.45, 7) is 5.73. The number of hydrogen-bond donors (Lipinski definition) is 3. The summed E-state index contributed by atoms with van der Waals surface area (Å²) < 4.78 is 5.03. The number of benzene rings is 1. The summed E-state index contributed by atoms with van der Waals surface area (Å²) in [6, 6.07) is 3.75. The molecule has 0 saturated carbocycles. The van der Waals surface area contributed by atoms with E-state index in [1.807, 2.05) is 20.8 Å². The van der Waals surface area contributed by atoms with Crippen molar-refractivity contribution in [2.45, 2.75) is 26.3 Å². The quantitative estimate of drug-likeness (QED) is 0.439. The molecule has 0 bridgehead atoms. The van der Waals surface area contributed by atoms with Crippen molar-refractivity contribution in [3.05, 3.63) is 33.9 Å². The molecule has 1 aromatic carbocycles. The predicted molar refractivity (Wildman–Crippen MR) is 85.7 cm³/mol. The van der Waals surface area contributed by atoms with Crippen LogP contribution in [0.3, 0.4) is 0 Å². The topological polar surface area (TPSA) is 106 Å². The van der Waals surface area contributed by atoms with Crippen LogP contribution in [0.1, 0.15) is 31.1 Å². The van der Waals surface area contributed by atoms with Crippen molar-refractivity contribution < 1.29 is 14.5 Å². The Morgan fingerprint density at radius 3 is 2.45 bits per heavy atom. The van der Waals surface area contributed by atoms with Gasteiger partial charge in [-0.15, -0.1) is 0 Å². The molecule has 0 radical (unpaired) electrons. The summed E-state index contributed by atoms with van der Waals surface area (Å²) >= 11 is 5.02. The average molecular weight is 326 g/mol. The fourth-order valence-corrected chi connectivity index (χ4v) is 1.90. The Hall–Kier alpha value is -2.42. The number of hydrogen-bond acceptors (Lipinski definition) is 5. The fourth-order valence-electron chi connectivity index (χ4n) is 1.54. The van der Waals surface area contributed by atoms with E-state index < -0.39 is 10.8 Å². The van der Waals surface area contributed by atoms with Gasteiger partial charge in [0, 0.05) is 17.7 Å². The standard InChI is InChI=1S/C13H18N4O4S/c1-13(2,3)14-12(22)16-15-11(18)9-7-8(17(19)20)5-6-10(9)21-4/h5-7H,1-4H3,(H,15,18)(H2,14,16,22). The van der Waals surface area contributed by atoms with Gasteiger partial charge in [-0.05, 0) is 39.1 Å². The molecule has 3 N–H and O–H groups in total. The number of ether oxygens (including phenoxy) is 1. The summed E-state index contributed by atoms with van der Waals surface area (Å²) in [6.07, 6.45) is 0. The lowest BCUT2D eigenvalue weighted by molar-refractivity contribution is -0.384. The van der Waals surface area contributed by atoms with Crippen molar-refractivity contribution >= 4 is 28.9 Å². The molecule has 0 saturated heterocycles. The predicted octanol–water partition coefficient (Wildman–Crippen LogP) is 1.51. The van der Waals surface area contributed by atoms with E-state index in [0.29, 0.717) is 0 Å². The molecule has 0 aromatic heterocycles. The van der Waals surface area contributed by atoms with Crippen molar-refractivity contribution in [3.8, 4) is 5.75 Å². The van der Waals surface area contributed by atoms with Crippen molar-refractivity contribution in [3.63, 3.8) is 0 Å². The van der Waals surface area contributed by atoms with Crippen LogP contribution in [0.5, 0.6) is 5.75 Å². The second kappa shape index (κ2) is 7.03. The lowest BCUT2D eigenvalue weighted by Crippen LogP contribution is -2.52. The maximum Gasteiger partial charge on any atom is 0.273 e. The van der Waals surface area contributed by atoms with Crippen LogP contribution >= 0.6 is 12.2 Å². The number of amides is 1. The molecule has 0 aliphatic heterocycles. The second-order valence-corrected chi connectivity index (χ2v) is 5.83. The van der Waals surface area contributed by atoms with E-state index in [2.05, 4.69) is 16.2 Å². The second-order valence-electron chi connectivity index (χ2n) is 5.42. The molecule has 120 valence electrons. The number of nitrogens with one attached hydrogen (secondary N) is 3. The minimum atomic E-state index is -0.599. The van der Waals surface area contributed by atoms with Gasteiger partial charge in [-0.1, -0.05) is 0 Å². The summed E-state index contributed by atoms with van der Waals surface area (Å²) in [4.78, 5) is 22.3. The molecule has 0 heterocycles. The molecule has 9 heteroatoms. The number of non-ortho nitro benzene ring substituents is 1. The highest BCUT2D eigenvalue weighted by Gasteiger charge is 2.18. The summed E-state index contributed by atoms with van der Waals surface area (Å²) in [5, 5.41) is 14.0. The van der Waals surface area contributed by atoms with Crippen molar-refractivity contribution in [2.24, 2.45) is 0 Å². The van der Waals surface area contributed by atoms with Crippen LogP contribution in [-0.4, -0.2) is 28.6 Å². The average Bonchev–Trinajstić information content (AvgIpc) is 2.42. The fraction of sp³-hybridized carbons (Fsp3) is 0.385. The van der Waals surface area contributed by atoms with Crippen LogP contribution in [0.15, 0.2) is 18.2 Å². The molecule has 1 aromatic rings. The molecular formula is C13H18N4O4S. The van der Waals surface area contributed by atoms with Crippen molar-refractivity contribution in [1.82, 2.24) is 16.2 Å². The molecule has 0 aliphatic carbocycles. The van der Waals surface area contributed by atoms with Crippen LogP contribution in [0, 0.1) is 10.1 Å². The van der Waals surface area contributed by atoms with Gasteiger partial charge in [-0.2, -0.15) is 0 Å². The molecule has 0 atom stereocenters. The molecule has 0 aliphatic rings. The molecule has 0 spiro atoms. The number of rotatable bonds is 3. The molecule has 1 amide bonds. The third-order valence-corrected chi connectivity index (χ3v) is 2.62. The maximum atomic E-state index is 12.1. The number of nitro benzene ring substituents is 1. The molecular weight excluding hydrogens is 308 g/mol. The van der Waals surface area contributed by atoms with Crippen molar-refractivity contribution in [2.75, 3.05) is 7.11 Å². The Balaban J connectivity index is 2.82. The number of thiocarbonyl (C=S) groups is 1. The van der Waals surface area contributed by atoms with E-state index in [-0.39, 0.29) is 27.7 Å². The van der Waals surface area contributed by atoms with Crippen LogP contribution in [0.4, 0.5) is 5.69 Å². The molecule has 0 unspecified atom stereocenters. The third kappa shape index (κ3) is 5.17. The largest absolute Gasteiger partial charge is 0.496 e. The lowest BCUT2D eigenvalue weighted by Gasteiger charge is -2.23. The Morgan fingerprint density at radius 1 is 1.32 bits per heavy atom. The van der Waals surface area contributed by atoms with E-state index in [0.717, 1.165) is 6.07 Å². The van der Waals surface area contributed by atoms with E-state index in [1.165, 1.54) is 19.2 Å². The highest BCUT2D eigenvalue weighted by atomic mass is 32.1. The zero-order valence-corrected chi connectivity index (χ0v) is 13.5. The number of hydrazine groups is 1. The van der Waals surface area contributed by atoms with Gasteiger partial charge in [0.2, 0.25) is 0 Å². The van der Waals surface area contributed by atoms with Crippen LogP contribution in [-0.2, 0) is 0 Å². The van der Waals surface area contributed by atoms with Crippen LogP contribution in [0.2, 0.25) is 0 Å². The minimum Gasteiger partial charge on any atom is -0.496 e. The SMILES string of the molecule is COc1ccc([N+](=O)[O-])cc1C(=O)NNC(=S)NC(C)(C)C. The van der Waals surface area contributed by atoms with Gasteiger partial charge >= 0.3 is 0 Å². The first-order valence-corrected chi connectivity index (χ1v) is 6.76. The van der Waals surface area contributed by atoms with Gasteiger partial charge < -0.3 is 10.1 Å². The molecule has 22 heavy (non-hydrogen) atoms. The van der Waals surface area contributed by atoms with Gasteiger partial charge in [-0.25, -0.2) is 0 Å². The normalized spacial score (nSPS) is 10.5. The highest BCUT2D eigenvalue weighted by Crippen LogP contribution is 2.23. The van der Waals surface area contributed by atoms with E-state index in [4.69, 9.17) is 17.0 Å². The lowest BCUT2D eigenvalue weighted by atomic mass is 10.1. The van der Waals surface area contributed by atoms with Gasteiger partial charge in [-0.3, -0.25) is 25.8 Å². The minimum absolute atomic E-state index is 0.0303. The van der Waals surface area contributed by atoms with Gasteiger partial charge in [0.25, 0.3) is 11.6 Å². The maximum absolute atomic E-state index is 12.1. The highest BCUT2D eigenvalue weighted by molar-refractivity contribution is 7.80. The van der Waals surface area contributed by atoms with E-state index >= 15 is 0 Å². The van der Waals surface area contributed by atoms with E-state index in [1.54, 1.807) is 0 Å². The van der Waals surface area contributed by atoms with Crippen molar-refractivity contribution in [1.29, 1.82) is 0 Å². The Morgan fingerprint density at radius 2 is 1.95 bits per heavy atom. The summed E-state index contributed by atoms with van der Waals surface area (Å²) in [5.74, 6) is -0.377. The van der Waals surface area contributed by atoms with Crippen LogP contribution in [0.25, 0.3) is 0 Å². The first kappa shape index (κ1) is 17.6. The smallest absolute Gasteiger partial charge is 0.273 e. The monoisotopic (exact) mass is 326 g/mol. The van der Waals surface area contributed by atoms with Gasteiger partial charge in [0.1, 0.15) is 5.75 Å². The van der Waals surface area contributed by atoms with E-state index in [9.17, 15) is 14.9 Å². The van der Waals surface area contributed by atoms with Gasteiger partial charge in [0.15, 0.2) is 5.11 Å². The number of nitro groups is 1. The number of nitrogens with zero attached hydrogens (tertiary/aromatic N) is 1. The molecule has 1 rings (SSSR count). The Labute approximate surface area is 133 Å². The first-order valence-electron chi connectivity index (χ1n) is 6.35.